The van der Waals surface area contributed by atoms with Gasteiger partial charge in [0.25, 0.3) is 0 Å². The van der Waals surface area contributed by atoms with Crippen LogP contribution in [0.15, 0.2) is 0 Å². The van der Waals surface area contributed by atoms with E-state index in [1.165, 1.54) is 0 Å². The summed E-state index contributed by atoms with van der Waals surface area (Å²) in [6, 6.07) is 0. The van der Waals surface area contributed by atoms with Crippen molar-refractivity contribution in [3.63, 3.8) is 0 Å². The van der Waals surface area contributed by atoms with Gasteiger partial charge in [0.1, 0.15) is 0 Å². The standard InChI is InChI=1S/C3H2F2O4.BH3O3/c4-3(5,1(6)7)2(8)9;2-1(3)4/h(H,6,7)(H,8,9);2-4H. The predicted octanol–water partition coefficient (Wildman–Crippen LogP) is -2.26. The zero-order valence-electron chi connectivity index (χ0n) is 5.89. The zero-order chi connectivity index (χ0) is 11.2. The summed E-state index contributed by atoms with van der Waals surface area (Å²) in [5, 5.41) is 36.5. The van der Waals surface area contributed by atoms with Gasteiger partial charge in [0, 0.05) is 0 Å². The molecule has 7 nitrogen and oxygen atoms in total. The van der Waals surface area contributed by atoms with Crippen LogP contribution in [0.1, 0.15) is 0 Å². The molecule has 0 saturated carbocycles. The molecule has 0 amide bonds. The molecule has 0 unspecified atom stereocenters. The van der Waals surface area contributed by atoms with Gasteiger partial charge in [-0.3, -0.25) is 0 Å². The third-order valence-electron chi connectivity index (χ3n) is 0.537. The Morgan fingerprint density at radius 2 is 1.15 bits per heavy atom. The third kappa shape index (κ3) is 7.12. The minimum atomic E-state index is -4.67. The molecule has 13 heavy (non-hydrogen) atoms. The van der Waals surface area contributed by atoms with Crippen LogP contribution < -0.4 is 0 Å². The normalized spacial score (nSPS) is 9.62. The maximum absolute atomic E-state index is 11.5. The van der Waals surface area contributed by atoms with Gasteiger partial charge in [-0.2, -0.15) is 8.78 Å². The van der Waals surface area contributed by atoms with Crippen LogP contribution in [0.2, 0.25) is 0 Å². The second-order valence-electron chi connectivity index (χ2n) is 1.53. The molecule has 0 bridgehead atoms. The molecule has 0 radical (unpaired) electrons. The van der Waals surface area contributed by atoms with E-state index in [0.717, 1.165) is 0 Å². The molecule has 0 saturated heterocycles. The Hall–Kier alpha value is -1.26. The molecule has 0 spiro atoms. The fraction of sp³-hybridized carbons (Fsp3) is 0.333. The molecule has 0 atom stereocenters. The number of carboxylic acids is 2. The van der Waals surface area contributed by atoms with Gasteiger partial charge in [0.05, 0.1) is 0 Å². The van der Waals surface area contributed by atoms with Gasteiger partial charge in [-0.05, 0) is 0 Å². The van der Waals surface area contributed by atoms with Gasteiger partial charge in [0.15, 0.2) is 0 Å². The molecule has 0 heterocycles. The first-order chi connectivity index (χ1) is 5.62. The van der Waals surface area contributed by atoms with Gasteiger partial charge in [-0.25, -0.2) is 9.59 Å². The Bertz CT molecular complexity index is 173. The van der Waals surface area contributed by atoms with Gasteiger partial charge in [-0.15, -0.1) is 0 Å². The minimum Gasteiger partial charge on any atom is -0.476 e. The average molecular weight is 202 g/mol. The van der Waals surface area contributed by atoms with Crippen molar-refractivity contribution in [1.82, 2.24) is 0 Å². The summed E-state index contributed by atoms with van der Waals surface area (Å²) in [6.45, 7) is 0. The summed E-state index contributed by atoms with van der Waals surface area (Å²) in [6.07, 6.45) is 0. The number of hydrogen-bond acceptors (Lipinski definition) is 5. The molecular weight excluding hydrogens is 197 g/mol. The van der Waals surface area contributed by atoms with E-state index in [-0.39, 0.29) is 0 Å². The smallest absolute Gasteiger partial charge is 0.476 e. The predicted molar refractivity (Wildman–Crippen MR) is 32.6 cm³/mol. The molecule has 0 aliphatic heterocycles. The van der Waals surface area contributed by atoms with Crippen molar-refractivity contribution in [3.8, 4) is 0 Å². The van der Waals surface area contributed by atoms with Crippen molar-refractivity contribution in [2.75, 3.05) is 0 Å². The van der Waals surface area contributed by atoms with Crippen LogP contribution in [-0.2, 0) is 9.59 Å². The summed E-state index contributed by atoms with van der Waals surface area (Å²) in [5.74, 6) is -9.98. The first-order valence-corrected chi connectivity index (χ1v) is 2.51. The highest BCUT2D eigenvalue weighted by Gasteiger charge is 2.47. The van der Waals surface area contributed by atoms with Gasteiger partial charge < -0.3 is 25.3 Å². The van der Waals surface area contributed by atoms with Gasteiger partial charge in [0.2, 0.25) is 0 Å². The van der Waals surface area contributed by atoms with Crippen LogP contribution in [0.3, 0.4) is 0 Å². The zero-order valence-corrected chi connectivity index (χ0v) is 5.89. The highest BCUT2D eigenvalue weighted by molar-refractivity contribution is 6.30. The Morgan fingerprint density at radius 1 is 1.00 bits per heavy atom. The number of halogens is 2. The first kappa shape index (κ1) is 14.3. The van der Waals surface area contributed by atoms with Crippen LogP contribution in [0.5, 0.6) is 0 Å². The number of alkyl halides is 2. The van der Waals surface area contributed by atoms with E-state index >= 15 is 0 Å². The van der Waals surface area contributed by atoms with Crippen molar-refractivity contribution < 1.29 is 43.7 Å². The Morgan fingerprint density at radius 3 is 1.15 bits per heavy atom. The highest BCUT2D eigenvalue weighted by atomic mass is 19.3. The van der Waals surface area contributed by atoms with Crippen LogP contribution >= 0.6 is 0 Å². The number of carboxylic acid groups (broad SMARTS) is 2. The lowest BCUT2D eigenvalue weighted by Crippen LogP contribution is -2.37. The number of hydrogen-bond donors (Lipinski definition) is 5. The van der Waals surface area contributed by atoms with E-state index in [0.29, 0.717) is 0 Å². The maximum Gasteiger partial charge on any atom is 0.631 e. The summed E-state index contributed by atoms with van der Waals surface area (Å²) >= 11 is 0. The largest absolute Gasteiger partial charge is 0.631 e. The third-order valence-corrected chi connectivity index (χ3v) is 0.537. The van der Waals surface area contributed by atoms with E-state index in [9.17, 15) is 18.4 Å². The summed E-state index contributed by atoms with van der Waals surface area (Å²) < 4.78 is 22.9. The summed E-state index contributed by atoms with van der Waals surface area (Å²) in [4.78, 5) is 18.7. The van der Waals surface area contributed by atoms with Crippen molar-refractivity contribution in [2.24, 2.45) is 0 Å². The maximum atomic E-state index is 11.5. The van der Waals surface area contributed by atoms with E-state index in [1.54, 1.807) is 0 Å². The Labute approximate surface area is 70.0 Å². The second-order valence-corrected chi connectivity index (χ2v) is 1.53. The molecule has 0 aromatic heterocycles. The number of aliphatic carboxylic acids is 2. The SMILES string of the molecule is O=C(O)C(F)(F)C(=O)O.OB(O)O. The van der Waals surface area contributed by atoms with Crippen LogP contribution in [0.4, 0.5) is 8.78 Å². The van der Waals surface area contributed by atoms with Gasteiger partial charge >= 0.3 is 25.2 Å². The van der Waals surface area contributed by atoms with E-state index in [2.05, 4.69) is 0 Å². The van der Waals surface area contributed by atoms with E-state index in [1.807, 2.05) is 0 Å². The minimum absolute atomic E-state index is 2.17. The lowest BCUT2D eigenvalue weighted by Gasteiger charge is -2.01. The van der Waals surface area contributed by atoms with Gasteiger partial charge in [-0.1, -0.05) is 0 Å². The molecule has 0 aromatic carbocycles. The molecule has 5 N–H and O–H groups in total. The second kappa shape index (κ2) is 5.40. The monoisotopic (exact) mass is 202 g/mol. The lowest BCUT2D eigenvalue weighted by molar-refractivity contribution is -0.182. The molecule has 0 aliphatic carbocycles. The fourth-order valence-electron chi connectivity index (χ4n) is 0.0915. The topological polar surface area (TPSA) is 135 Å². The molecule has 76 valence electrons. The molecule has 0 aromatic rings. The summed E-state index contributed by atoms with van der Waals surface area (Å²) in [5.41, 5.74) is 0. The Kier molecular flexibility index (Phi) is 5.93. The van der Waals surface area contributed by atoms with Crippen molar-refractivity contribution in [2.45, 2.75) is 5.92 Å². The lowest BCUT2D eigenvalue weighted by atomic mass is 10.3. The first-order valence-electron chi connectivity index (χ1n) is 2.51. The van der Waals surface area contributed by atoms with Crippen LogP contribution in [0, 0.1) is 0 Å². The molecule has 10 heteroatoms. The van der Waals surface area contributed by atoms with Crippen LogP contribution in [0.25, 0.3) is 0 Å². The summed E-state index contributed by atoms with van der Waals surface area (Å²) in [7, 11) is -2.17. The number of carbonyl (C=O) groups is 2. The molecule has 0 fully saturated rings. The fourth-order valence-corrected chi connectivity index (χ4v) is 0.0915. The van der Waals surface area contributed by atoms with E-state index < -0.39 is 25.2 Å². The molecule has 0 aliphatic rings. The van der Waals surface area contributed by atoms with Crippen LogP contribution in [-0.4, -0.2) is 50.5 Å². The number of rotatable bonds is 2. The van der Waals surface area contributed by atoms with Crippen molar-refractivity contribution in [1.29, 1.82) is 0 Å². The Balaban J connectivity index is 0. The van der Waals surface area contributed by atoms with Crippen molar-refractivity contribution >= 4 is 19.3 Å². The van der Waals surface area contributed by atoms with E-state index in [4.69, 9.17) is 25.3 Å². The quantitative estimate of drug-likeness (QED) is 0.251. The molecule has 0 rings (SSSR count). The highest BCUT2D eigenvalue weighted by Crippen LogP contribution is 2.12. The average Bonchev–Trinajstić information content (AvgIpc) is 1.85. The molecular formula is C3H5BF2O7. The van der Waals surface area contributed by atoms with Crippen molar-refractivity contribution in [3.05, 3.63) is 0 Å².